The minimum atomic E-state index is -3.81. The van der Waals surface area contributed by atoms with Crippen molar-refractivity contribution >= 4 is 21.7 Å². The molecule has 4 N–H and O–H groups in total. The Bertz CT molecular complexity index is 939. The highest BCUT2D eigenvalue weighted by Crippen LogP contribution is 2.55. The van der Waals surface area contributed by atoms with E-state index in [-0.39, 0.29) is 16.5 Å². The number of nitrogens with zero attached hydrogens (tertiary/aromatic N) is 1. The van der Waals surface area contributed by atoms with Crippen molar-refractivity contribution in [2.45, 2.75) is 55.4 Å². The number of carbonyl (C=O) groups excluding carboxylic acids is 1. The third-order valence-electron chi connectivity index (χ3n) is 7.87. The van der Waals surface area contributed by atoms with Gasteiger partial charge in [0.25, 0.3) is 0 Å². The molecule has 2 amide bonds. The lowest BCUT2D eigenvalue weighted by atomic mass is 9.53. The summed E-state index contributed by atoms with van der Waals surface area (Å²) in [5.74, 6) is 2.25. The maximum atomic E-state index is 13.0. The molecule has 0 spiro atoms. The molecule has 6 rings (SSSR count). The molecule has 4 saturated carbocycles. The van der Waals surface area contributed by atoms with Gasteiger partial charge in [0.1, 0.15) is 0 Å². The Labute approximate surface area is 190 Å². The first-order chi connectivity index (χ1) is 15.3. The van der Waals surface area contributed by atoms with Gasteiger partial charge in [0.15, 0.2) is 0 Å². The maximum Gasteiger partial charge on any atom is 0.319 e. The molecule has 0 aromatic heterocycles. The van der Waals surface area contributed by atoms with Crippen molar-refractivity contribution in [3.63, 3.8) is 0 Å². The number of morpholine rings is 1. The number of nitrogens with two attached hydrogens (primary N) is 1. The number of ether oxygens (including phenoxy) is 1. The Balaban J connectivity index is 1.30. The normalized spacial score (nSPS) is 32.1. The number of nitrogens with one attached hydrogen (secondary N) is 2. The van der Waals surface area contributed by atoms with Gasteiger partial charge in [0, 0.05) is 30.9 Å². The van der Waals surface area contributed by atoms with Crippen LogP contribution in [0.3, 0.4) is 0 Å². The van der Waals surface area contributed by atoms with E-state index in [4.69, 9.17) is 9.88 Å². The minimum absolute atomic E-state index is 0.0709. The highest BCUT2D eigenvalue weighted by molar-refractivity contribution is 7.89. The van der Waals surface area contributed by atoms with Crippen LogP contribution in [0, 0.1) is 17.8 Å². The Kier molecular flexibility index (Phi) is 5.94. The molecule has 1 aliphatic heterocycles. The van der Waals surface area contributed by atoms with E-state index in [0.29, 0.717) is 25.3 Å². The van der Waals surface area contributed by atoms with Crippen LogP contribution in [0.2, 0.25) is 0 Å². The molecule has 5 aliphatic rings. The van der Waals surface area contributed by atoms with Crippen LogP contribution in [-0.4, -0.2) is 57.7 Å². The van der Waals surface area contributed by atoms with E-state index >= 15 is 0 Å². The highest BCUT2D eigenvalue weighted by Gasteiger charge is 2.51. The fourth-order valence-electron chi connectivity index (χ4n) is 6.84. The van der Waals surface area contributed by atoms with E-state index in [1.54, 1.807) is 12.1 Å². The highest BCUT2D eigenvalue weighted by atomic mass is 32.2. The van der Waals surface area contributed by atoms with Crippen molar-refractivity contribution in [1.82, 2.24) is 10.2 Å². The lowest BCUT2D eigenvalue weighted by Crippen LogP contribution is -2.60. The summed E-state index contributed by atoms with van der Waals surface area (Å²) in [6.07, 6.45) is 7.84. The quantitative estimate of drug-likeness (QED) is 0.600. The lowest BCUT2D eigenvalue weighted by molar-refractivity contribution is -0.0127. The number of urea groups is 1. The fraction of sp³-hybridized carbons (Fsp3) is 0.696. The maximum absolute atomic E-state index is 13.0. The average molecular weight is 463 g/mol. The summed E-state index contributed by atoms with van der Waals surface area (Å²) < 4.78 is 29.2. The standard InChI is InChI=1S/C23H34N4O4S/c24-32(29,30)20-1-2-21(19(12-20)3-4-27-5-7-31-8-6-27)25-22(28)26-23-13-16-9-17(14-23)11-18(10-16)15-23/h1-2,12,16-18H,3-11,13-15H2,(H2,24,29,30)(H2,25,26,28). The molecule has 1 aromatic rings. The van der Waals surface area contributed by atoms with Crippen LogP contribution in [-0.2, 0) is 21.2 Å². The Hall–Kier alpha value is -1.68. The summed E-state index contributed by atoms with van der Waals surface area (Å²) in [6.45, 7) is 3.88. The molecule has 1 heterocycles. The van der Waals surface area contributed by atoms with Gasteiger partial charge in [0.05, 0.1) is 18.1 Å². The zero-order chi connectivity index (χ0) is 22.3. The van der Waals surface area contributed by atoms with Crippen LogP contribution in [0.4, 0.5) is 10.5 Å². The first-order valence-electron chi connectivity index (χ1n) is 11.8. The summed E-state index contributed by atoms with van der Waals surface area (Å²) in [6, 6.07) is 4.53. The molecular weight excluding hydrogens is 428 g/mol. The van der Waals surface area contributed by atoms with E-state index in [0.717, 1.165) is 62.2 Å². The molecule has 4 bridgehead atoms. The summed E-state index contributed by atoms with van der Waals surface area (Å²) in [5, 5.41) is 11.7. The van der Waals surface area contributed by atoms with Gasteiger partial charge in [-0.3, -0.25) is 4.90 Å². The molecule has 4 aliphatic carbocycles. The van der Waals surface area contributed by atoms with E-state index in [1.165, 1.54) is 25.3 Å². The van der Waals surface area contributed by atoms with Crippen molar-refractivity contribution in [2.24, 2.45) is 22.9 Å². The second-order valence-corrected chi connectivity index (χ2v) is 11.9. The van der Waals surface area contributed by atoms with Gasteiger partial charge < -0.3 is 15.4 Å². The summed E-state index contributed by atoms with van der Waals surface area (Å²) in [4.78, 5) is 15.4. The molecule has 176 valence electrons. The number of carbonyl (C=O) groups is 1. The first-order valence-corrected chi connectivity index (χ1v) is 13.4. The number of rotatable bonds is 6. The molecule has 32 heavy (non-hydrogen) atoms. The monoisotopic (exact) mass is 462 g/mol. The van der Waals surface area contributed by atoms with Crippen molar-refractivity contribution in [2.75, 3.05) is 38.2 Å². The molecule has 9 heteroatoms. The molecular formula is C23H34N4O4S. The Morgan fingerprint density at radius 3 is 2.31 bits per heavy atom. The third-order valence-corrected chi connectivity index (χ3v) is 8.78. The van der Waals surface area contributed by atoms with Gasteiger partial charge in [-0.1, -0.05) is 0 Å². The van der Waals surface area contributed by atoms with Crippen LogP contribution in [0.1, 0.15) is 44.1 Å². The minimum Gasteiger partial charge on any atom is -0.379 e. The first kappa shape index (κ1) is 22.1. The number of sulfonamides is 1. The largest absolute Gasteiger partial charge is 0.379 e. The van der Waals surface area contributed by atoms with Crippen LogP contribution in [0.5, 0.6) is 0 Å². The van der Waals surface area contributed by atoms with Crippen molar-refractivity contribution < 1.29 is 17.9 Å². The number of anilines is 1. The second kappa shape index (κ2) is 8.59. The SMILES string of the molecule is NS(=O)(=O)c1ccc(NC(=O)NC23CC4CC(CC(C4)C2)C3)c(CCN2CCOCC2)c1. The Morgan fingerprint density at radius 2 is 1.72 bits per heavy atom. The second-order valence-electron chi connectivity index (χ2n) is 10.3. The lowest BCUT2D eigenvalue weighted by Gasteiger charge is -2.56. The molecule has 1 saturated heterocycles. The number of benzene rings is 1. The van der Waals surface area contributed by atoms with E-state index < -0.39 is 10.0 Å². The van der Waals surface area contributed by atoms with Gasteiger partial charge in [-0.15, -0.1) is 0 Å². The number of hydrogen-bond acceptors (Lipinski definition) is 5. The Morgan fingerprint density at radius 1 is 1.09 bits per heavy atom. The zero-order valence-corrected chi connectivity index (χ0v) is 19.3. The van der Waals surface area contributed by atoms with Crippen LogP contribution >= 0.6 is 0 Å². The van der Waals surface area contributed by atoms with Crippen molar-refractivity contribution in [3.8, 4) is 0 Å². The van der Waals surface area contributed by atoms with Gasteiger partial charge in [0.2, 0.25) is 10.0 Å². The molecule has 0 atom stereocenters. The van der Waals surface area contributed by atoms with Crippen LogP contribution in [0.25, 0.3) is 0 Å². The van der Waals surface area contributed by atoms with Crippen molar-refractivity contribution in [3.05, 3.63) is 23.8 Å². The number of hydrogen-bond donors (Lipinski definition) is 3. The predicted octanol–water partition coefficient (Wildman–Crippen LogP) is 2.30. The zero-order valence-electron chi connectivity index (χ0n) is 18.5. The van der Waals surface area contributed by atoms with E-state index in [2.05, 4.69) is 15.5 Å². The van der Waals surface area contributed by atoms with Gasteiger partial charge in [-0.25, -0.2) is 18.4 Å². The summed E-state index contributed by atoms with van der Waals surface area (Å²) >= 11 is 0. The van der Waals surface area contributed by atoms with Gasteiger partial charge >= 0.3 is 6.03 Å². The smallest absolute Gasteiger partial charge is 0.319 e. The molecule has 5 fully saturated rings. The molecule has 0 unspecified atom stereocenters. The average Bonchev–Trinajstić information content (AvgIpc) is 2.71. The van der Waals surface area contributed by atoms with Gasteiger partial charge in [-0.2, -0.15) is 0 Å². The van der Waals surface area contributed by atoms with E-state index in [1.807, 2.05) is 0 Å². The van der Waals surface area contributed by atoms with Crippen LogP contribution in [0.15, 0.2) is 23.1 Å². The van der Waals surface area contributed by atoms with E-state index in [9.17, 15) is 13.2 Å². The topological polar surface area (TPSA) is 114 Å². The van der Waals surface area contributed by atoms with Gasteiger partial charge in [-0.05, 0) is 86.5 Å². The number of amides is 2. The molecule has 1 aromatic carbocycles. The summed E-state index contributed by atoms with van der Waals surface area (Å²) in [5.41, 5.74) is 1.35. The third kappa shape index (κ3) is 4.81. The van der Waals surface area contributed by atoms with Crippen LogP contribution < -0.4 is 15.8 Å². The summed E-state index contributed by atoms with van der Waals surface area (Å²) in [7, 11) is -3.81. The molecule has 8 nitrogen and oxygen atoms in total. The fourth-order valence-corrected chi connectivity index (χ4v) is 7.40. The number of primary sulfonamides is 1. The van der Waals surface area contributed by atoms with Crippen molar-refractivity contribution in [1.29, 1.82) is 0 Å². The predicted molar refractivity (Wildman–Crippen MR) is 122 cm³/mol. The molecule has 0 radical (unpaired) electrons.